The largest absolute Gasteiger partial charge is 0.493 e. The predicted octanol–water partition coefficient (Wildman–Crippen LogP) is -0.556. The van der Waals surface area contributed by atoms with Gasteiger partial charge in [0.15, 0.2) is 11.5 Å². The Labute approximate surface area is 162 Å². The van der Waals surface area contributed by atoms with Gasteiger partial charge in [0.1, 0.15) is 24.5 Å². The van der Waals surface area contributed by atoms with Gasteiger partial charge in [0.25, 0.3) is 5.56 Å². The Morgan fingerprint density at radius 1 is 1.25 bits per heavy atom. The summed E-state index contributed by atoms with van der Waals surface area (Å²) in [5, 5.41) is 0. The minimum atomic E-state index is -0.758. The van der Waals surface area contributed by atoms with Crippen molar-refractivity contribution in [1.29, 1.82) is 0 Å². The molecule has 0 saturated carbocycles. The zero-order valence-corrected chi connectivity index (χ0v) is 16.6. The second-order valence-electron chi connectivity index (χ2n) is 6.56. The van der Waals surface area contributed by atoms with Crippen LogP contribution in [0.3, 0.4) is 0 Å². The van der Waals surface area contributed by atoms with Crippen LogP contribution in [0.25, 0.3) is 0 Å². The summed E-state index contributed by atoms with van der Waals surface area (Å²) in [7, 11) is 4.93. The number of nitrogen functional groups attached to an aromatic ring is 1. The second-order valence-corrected chi connectivity index (χ2v) is 6.56. The van der Waals surface area contributed by atoms with Gasteiger partial charge in [-0.3, -0.25) is 19.1 Å². The second kappa shape index (κ2) is 9.23. The highest BCUT2D eigenvalue weighted by Gasteiger charge is 2.23. The lowest BCUT2D eigenvalue weighted by atomic mass is 10.1. The number of aromatic amines is 1. The fourth-order valence-corrected chi connectivity index (χ4v) is 3.15. The molecular formula is C19H27N4O5+. The van der Waals surface area contributed by atoms with Crippen molar-refractivity contribution in [3.63, 3.8) is 0 Å². The number of carbonyl (C=O) groups excluding carboxylic acids is 1. The maximum Gasteiger partial charge on any atom is 0.329 e. The lowest BCUT2D eigenvalue weighted by molar-refractivity contribution is -0.884. The molecule has 2 aromatic rings. The van der Waals surface area contributed by atoms with Gasteiger partial charge in [-0.05, 0) is 18.6 Å². The summed E-state index contributed by atoms with van der Waals surface area (Å²) < 4.78 is 11.9. The normalized spacial score (nSPS) is 11.9. The number of nitrogens with two attached hydrogens (primary N) is 1. The lowest BCUT2D eigenvalue weighted by Gasteiger charge is -2.17. The minimum absolute atomic E-state index is 0.0258. The summed E-state index contributed by atoms with van der Waals surface area (Å²) in [6.45, 7) is 2.69. The first-order chi connectivity index (χ1) is 13.3. The maximum absolute atomic E-state index is 12.7. The van der Waals surface area contributed by atoms with Gasteiger partial charge in [-0.25, -0.2) is 4.79 Å². The number of likely N-dealkylation sites (N-methyl/N-ethyl adjacent to an activating group) is 1. The zero-order chi connectivity index (χ0) is 20.8. The smallest absolute Gasteiger partial charge is 0.329 e. The number of quaternary nitrogens is 1. The van der Waals surface area contributed by atoms with E-state index in [1.165, 1.54) is 4.57 Å². The van der Waals surface area contributed by atoms with Crippen LogP contribution in [0, 0.1) is 0 Å². The van der Waals surface area contributed by atoms with Crippen LogP contribution >= 0.6 is 0 Å². The van der Waals surface area contributed by atoms with Crippen molar-refractivity contribution in [2.24, 2.45) is 0 Å². The number of nitrogens with one attached hydrogen (secondary N) is 2. The van der Waals surface area contributed by atoms with Gasteiger partial charge in [-0.15, -0.1) is 0 Å². The number of anilines is 1. The van der Waals surface area contributed by atoms with E-state index in [0.717, 1.165) is 10.5 Å². The van der Waals surface area contributed by atoms with E-state index in [4.69, 9.17) is 15.2 Å². The fourth-order valence-electron chi connectivity index (χ4n) is 3.15. The molecule has 1 aromatic carbocycles. The van der Waals surface area contributed by atoms with Crippen molar-refractivity contribution in [2.45, 2.75) is 26.4 Å². The third-order valence-electron chi connectivity index (χ3n) is 4.40. The molecule has 28 heavy (non-hydrogen) atoms. The number of H-pyrrole nitrogens is 1. The van der Waals surface area contributed by atoms with Crippen molar-refractivity contribution in [3.8, 4) is 11.5 Å². The van der Waals surface area contributed by atoms with Crippen LogP contribution in [0.1, 0.15) is 29.3 Å². The molecule has 9 heteroatoms. The quantitative estimate of drug-likeness (QED) is 0.493. The molecule has 2 rings (SSSR count). The van der Waals surface area contributed by atoms with Gasteiger partial charge in [-0.2, -0.15) is 0 Å². The predicted molar refractivity (Wildman–Crippen MR) is 105 cm³/mol. The van der Waals surface area contributed by atoms with Crippen molar-refractivity contribution in [2.75, 3.05) is 33.5 Å². The molecule has 0 amide bonds. The molecule has 1 atom stereocenters. The number of para-hydroxylation sites is 1. The molecule has 0 radical (unpaired) electrons. The fraction of sp³-hybridized carbons (Fsp3) is 0.421. The number of aromatic nitrogens is 2. The van der Waals surface area contributed by atoms with E-state index in [2.05, 4.69) is 4.98 Å². The number of Topliss-reactive ketones (excluding diaryl/α,β-unsaturated/α-hetero) is 1. The maximum atomic E-state index is 12.7. The molecule has 4 N–H and O–H groups in total. The summed E-state index contributed by atoms with van der Waals surface area (Å²) in [6, 6.07) is 5.52. The molecule has 0 spiro atoms. The van der Waals surface area contributed by atoms with Crippen molar-refractivity contribution < 1.29 is 19.2 Å². The Hall–Kier alpha value is -3.07. The number of hydrogen-bond acceptors (Lipinski definition) is 6. The van der Waals surface area contributed by atoms with E-state index < -0.39 is 17.0 Å². The first-order valence-corrected chi connectivity index (χ1v) is 9.00. The summed E-state index contributed by atoms with van der Waals surface area (Å²) in [6.07, 6.45) is 0.643. The zero-order valence-electron chi connectivity index (χ0n) is 16.6. The van der Waals surface area contributed by atoms with Crippen LogP contribution in [0.15, 0.2) is 27.8 Å². The molecule has 0 aliphatic heterocycles. The average Bonchev–Trinajstić information content (AvgIpc) is 2.64. The van der Waals surface area contributed by atoms with Crippen LogP contribution in [0.4, 0.5) is 5.82 Å². The number of ketones is 1. The Balaban J connectivity index is 2.26. The highest BCUT2D eigenvalue weighted by atomic mass is 16.5. The van der Waals surface area contributed by atoms with E-state index in [0.29, 0.717) is 31.0 Å². The van der Waals surface area contributed by atoms with Crippen LogP contribution in [-0.2, 0) is 13.1 Å². The summed E-state index contributed by atoms with van der Waals surface area (Å²) >= 11 is 0. The Kier molecular flexibility index (Phi) is 7.00. The van der Waals surface area contributed by atoms with E-state index in [1.54, 1.807) is 20.3 Å². The molecule has 0 saturated heterocycles. The molecule has 0 aliphatic rings. The number of nitrogens with zero attached hydrogens (tertiary/aromatic N) is 1. The van der Waals surface area contributed by atoms with Gasteiger partial charge in [-0.1, -0.05) is 13.0 Å². The number of hydrogen-bond donors (Lipinski definition) is 3. The van der Waals surface area contributed by atoms with Crippen LogP contribution in [-0.4, -0.2) is 43.1 Å². The number of benzene rings is 1. The molecule has 9 nitrogen and oxygen atoms in total. The van der Waals surface area contributed by atoms with E-state index in [-0.39, 0.29) is 17.9 Å². The highest BCUT2D eigenvalue weighted by molar-refractivity contribution is 6.00. The molecule has 1 unspecified atom stereocenters. The van der Waals surface area contributed by atoms with Gasteiger partial charge < -0.3 is 20.1 Å². The third kappa shape index (κ3) is 4.42. The molecule has 0 bridgehead atoms. The number of rotatable bonds is 9. The van der Waals surface area contributed by atoms with Crippen molar-refractivity contribution in [3.05, 3.63) is 50.2 Å². The Morgan fingerprint density at radius 3 is 2.57 bits per heavy atom. The number of methoxy groups -OCH3 is 2. The van der Waals surface area contributed by atoms with Crippen LogP contribution in [0.2, 0.25) is 0 Å². The first-order valence-electron chi connectivity index (χ1n) is 9.00. The van der Waals surface area contributed by atoms with E-state index in [1.807, 2.05) is 26.1 Å². The van der Waals surface area contributed by atoms with Gasteiger partial charge in [0, 0.05) is 6.54 Å². The molecule has 152 valence electrons. The Bertz CT molecular complexity index is 964. The average molecular weight is 391 g/mol. The SMILES string of the molecule is CCCn1c(N)c(C(=O)C[NH+](C)Cc2cccc(OC)c2OC)c(=O)[nH]c1=O. The third-order valence-corrected chi connectivity index (χ3v) is 4.40. The molecular weight excluding hydrogens is 364 g/mol. The minimum Gasteiger partial charge on any atom is -0.493 e. The van der Waals surface area contributed by atoms with Crippen molar-refractivity contribution >= 4 is 11.6 Å². The molecule has 0 fully saturated rings. The van der Waals surface area contributed by atoms with Gasteiger partial charge in [0.05, 0.1) is 26.8 Å². The highest BCUT2D eigenvalue weighted by Crippen LogP contribution is 2.30. The number of carbonyl (C=O) groups is 1. The molecule has 1 aromatic heterocycles. The summed E-state index contributed by atoms with van der Waals surface area (Å²) in [5.74, 6) is 0.687. The van der Waals surface area contributed by atoms with Crippen molar-refractivity contribution in [1.82, 2.24) is 9.55 Å². The lowest BCUT2D eigenvalue weighted by Crippen LogP contribution is -3.08. The number of ether oxygens (including phenoxy) is 2. The van der Waals surface area contributed by atoms with Crippen LogP contribution < -0.4 is 31.4 Å². The monoisotopic (exact) mass is 391 g/mol. The Morgan fingerprint density at radius 2 is 1.96 bits per heavy atom. The van der Waals surface area contributed by atoms with E-state index >= 15 is 0 Å². The first kappa shape index (κ1) is 21.2. The summed E-state index contributed by atoms with van der Waals surface area (Å²) in [5.41, 5.74) is 5.28. The molecule has 1 heterocycles. The van der Waals surface area contributed by atoms with Crippen LogP contribution in [0.5, 0.6) is 11.5 Å². The van der Waals surface area contributed by atoms with Gasteiger partial charge >= 0.3 is 5.69 Å². The molecule has 0 aliphatic carbocycles. The van der Waals surface area contributed by atoms with E-state index in [9.17, 15) is 14.4 Å². The van der Waals surface area contributed by atoms with Gasteiger partial charge in [0.2, 0.25) is 5.78 Å². The summed E-state index contributed by atoms with van der Waals surface area (Å²) in [4.78, 5) is 39.8. The standard InChI is InChI=1S/C19H26N4O5/c1-5-9-23-17(20)15(18(25)21-19(23)26)13(24)11-22(2)10-12-7-6-8-14(27-3)16(12)28-4/h6-8H,5,9-11,20H2,1-4H3,(H,21,25,26)/p+1. The topological polar surface area (TPSA) is 121 Å².